The van der Waals surface area contributed by atoms with Gasteiger partial charge in [0.05, 0.1) is 11.6 Å². The van der Waals surface area contributed by atoms with Gasteiger partial charge in [-0.2, -0.15) is 0 Å². The first-order chi connectivity index (χ1) is 10.3. The number of nitrogens with zero attached hydrogens (tertiary/aromatic N) is 2. The van der Waals surface area contributed by atoms with Crippen molar-refractivity contribution in [3.63, 3.8) is 0 Å². The molecule has 2 aromatic rings. The van der Waals surface area contributed by atoms with E-state index in [9.17, 15) is 0 Å². The van der Waals surface area contributed by atoms with E-state index in [1.165, 1.54) is 0 Å². The maximum atomic E-state index is 5.74. The van der Waals surface area contributed by atoms with Crippen LogP contribution in [0.2, 0.25) is 0 Å². The first kappa shape index (κ1) is 14.3. The molecule has 0 saturated heterocycles. The van der Waals surface area contributed by atoms with Crippen LogP contribution in [0.1, 0.15) is 31.3 Å². The summed E-state index contributed by atoms with van der Waals surface area (Å²) in [5.41, 5.74) is 0.957. The van der Waals surface area contributed by atoms with Crippen LogP contribution in [0.5, 0.6) is 11.5 Å². The first-order valence-electron chi connectivity index (χ1n) is 7.25. The SMILES string of the molecule is CCCNC(C)c1nnc(-c2cccc3c2OCCO3)s1. The molecule has 21 heavy (non-hydrogen) atoms. The number of para-hydroxylation sites is 1. The van der Waals surface area contributed by atoms with Gasteiger partial charge in [0, 0.05) is 0 Å². The molecule has 1 aliphatic rings. The van der Waals surface area contributed by atoms with Gasteiger partial charge < -0.3 is 14.8 Å². The average molecular weight is 305 g/mol. The Hall–Kier alpha value is -1.66. The molecule has 112 valence electrons. The van der Waals surface area contributed by atoms with Gasteiger partial charge in [-0.25, -0.2) is 0 Å². The second-order valence-corrected chi connectivity index (χ2v) is 5.96. The van der Waals surface area contributed by atoms with E-state index in [2.05, 4.69) is 29.4 Å². The van der Waals surface area contributed by atoms with Crippen LogP contribution in [0.15, 0.2) is 18.2 Å². The minimum atomic E-state index is 0.216. The molecule has 0 aliphatic carbocycles. The fraction of sp³-hybridized carbons (Fsp3) is 0.467. The molecule has 0 fully saturated rings. The molecule has 2 heterocycles. The monoisotopic (exact) mass is 305 g/mol. The van der Waals surface area contributed by atoms with Gasteiger partial charge in [-0.3, -0.25) is 0 Å². The highest BCUT2D eigenvalue weighted by atomic mass is 32.1. The van der Waals surface area contributed by atoms with Crippen molar-refractivity contribution in [1.82, 2.24) is 15.5 Å². The van der Waals surface area contributed by atoms with Gasteiger partial charge >= 0.3 is 0 Å². The van der Waals surface area contributed by atoms with Crippen molar-refractivity contribution >= 4 is 11.3 Å². The minimum Gasteiger partial charge on any atom is -0.486 e. The summed E-state index contributed by atoms with van der Waals surface area (Å²) in [7, 11) is 0. The summed E-state index contributed by atoms with van der Waals surface area (Å²) < 4.78 is 11.4. The van der Waals surface area contributed by atoms with Crippen molar-refractivity contribution in [3.05, 3.63) is 23.2 Å². The predicted molar refractivity (Wildman–Crippen MR) is 83.0 cm³/mol. The minimum absolute atomic E-state index is 0.216. The molecule has 1 aliphatic heterocycles. The largest absolute Gasteiger partial charge is 0.486 e. The molecule has 3 rings (SSSR count). The van der Waals surface area contributed by atoms with Crippen LogP contribution in [-0.2, 0) is 0 Å². The summed E-state index contributed by atoms with van der Waals surface area (Å²) in [5.74, 6) is 1.56. The van der Waals surface area contributed by atoms with Gasteiger partial charge in [-0.05, 0) is 32.0 Å². The number of nitrogens with one attached hydrogen (secondary N) is 1. The summed E-state index contributed by atoms with van der Waals surface area (Å²) in [5, 5.41) is 13.9. The van der Waals surface area contributed by atoms with E-state index in [1.54, 1.807) is 11.3 Å². The van der Waals surface area contributed by atoms with Gasteiger partial charge in [0.1, 0.15) is 18.2 Å². The molecule has 5 nitrogen and oxygen atoms in total. The first-order valence-corrected chi connectivity index (χ1v) is 8.07. The Morgan fingerprint density at radius 1 is 1.29 bits per heavy atom. The van der Waals surface area contributed by atoms with E-state index >= 15 is 0 Å². The van der Waals surface area contributed by atoms with Crippen LogP contribution in [0, 0.1) is 0 Å². The number of ether oxygens (including phenoxy) is 2. The highest BCUT2D eigenvalue weighted by Crippen LogP contribution is 2.41. The third-order valence-electron chi connectivity index (χ3n) is 3.31. The molecule has 0 bridgehead atoms. The number of aromatic nitrogens is 2. The van der Waals surface area contributed by atoms with Crippen LogP contribution in [0.3, 0.4) is 0 Å². The number of hydrogen-bond acceptors (Lipinski definition) is 6. The lowest BCUT2D eigenvalue weighted by Crippen LogP contribution is -2.18. The van der Waals surface area contributed by atoms with E-state index in [1.807, 2.05) is 18.2 Å². The highest BCUT2D eigenvalue weighted by Gasteiger charge is 2.20. The molecule has 0 radical (unpaired) electrons. The maximum Gasteiger partial charge on any atom is 0.171 e. The molecular formula is C15H19N3O2S. The standard InChI is InChI=1S/C15H19N3O2S/c1-3-7-16-10(2)14-17-18-15(21-14)11-5-4-6-12-13(11)20-9-8-19-12/h4-6,10,16H,3,7-9H2,1-2H3. The van der Waals surface area contributed by atoms with Gasteiger partial charge in [0.15, 0.2) is 16.5 Å². The fourth-order valence-corrected chi connectivity index (χ4v) is 3.10. The lowest BCUT2D eigenvalue weighted by atomic mass is 10.2. The molecular weight excluding hydrogens is 286 g/mol. The van der Waals surface area contributed by atoms with Crippen LogP contribution in [-0.4, -0.2) is 30.0 Å². The molecule has 0 amide bonds. The molecule has 1 aromatic carbocycles. The Kier molecular flexibility index (Phi) is 4.36. The van der Waals surface area contributed by atoms with E-state index in [0.29, 0.717) is 13.2 Å². The van der Waals surface area contributed by atoms with Crippen molar-refractivity contribution in [2.75, 3.05) is 19.8 Å². The molecule has 0 saturated carbocycles. The fourth-order valence-electron chi connectivity index (χ4n) is 2.21. The zero-order valence-electron chi connectivity index (χ0n) is 12.3. The number of hydrogen-bond donors (Lipinski definition) is 1. The normalized spacial score (nSPS) is 15.0. The average Bonchev–Trinajstić information content (AvgIpc) is 3.02. The summed E-state index contributed by atoms with van der Waals surface area (Å²) in [6.45, 7) is 6.41. The molecule has 1 unspecified atom stereocenters. The van der Waals surface area contributed by atoms with E-state index in [0.717, 1.165) is 40.0 Å². The maximum absolute atomic E-state index is 5.74. The molecule has 6 heteroatoms. The predicted octanol–water partition coefficient (Wildman–Crippen LogP) is 3.04. The zero-order valence-corrected chi connectivity index (χ0v) is 13.1. The van der Waals surface area contributed by atoms with Gasteiger partial charge in [-0.15, -0.1) is 10.2 Å². The van der Waals surface area contributed by atoms with Crippen LogP contribution >= 0.6 is 11.3 Å². The Bertz CT molecular complexity index is 615. The topological polar surface area (TPSA) is 56.3 Å². The van der Waals surface area contributed by atoms with Crippen LogP contribution in [0.25, 0.3) is 10.6 Å². The Balaban J connectivity index is 1.86. The highest BCUT2D eigenvalue weighted by molar-refractivity contribution is 7.14. The van der Waals surface area contributed by atoms with Crippen LogP contribution in [0.4, 0.5) is 0 Å². The van der Waals surface area contributed by atoms with Crippen LogP contribution < -0.4 is 14.8 Å². The third kappa shape index (κ3) is 3.01. The zero-order chi connectivity index (χ0) is 14.7. The molecule has 1 N–H and O–H groups in total. The summed E-state index contributed by atoms with van der Waals surface area (Å²) >= 11 is 1.60. The molecule has 1 atom stereocenters. The van der Waals surface area contributed by atoms with Gasteiger partial charge in [-0.1, -0.05) is 24.3 Å². The second kappa shape index (κ2) is 6.41. The third-order valence-corrected chi connectivity index (χ3v) is 4.45. The van der Waals surface area contributed by atoms with Gasteiger partial charge in [0.25, 0.3) is 0 Å². The number of benzene rings is 1. The quantitative estimate of drug-likeness (QED) is 0.920. The Labute approximate surface area is 128 Å². The van der Waals surface area contributed by atoms with Crippen molar-refractivity contribution in [1.29, 1.82) is 0 Å². The second-order valence-electron chi connectivity index (χ2n) is 4.95. The molecule has 1 aromatic heterocycles. The van der Waals surface area contributed by atoms with Gasteiger partial charge in [0.2, 0.25) is 0 Å². The van der Waals surface area contributed by atoms with E-state index < -0.39 is 0 Å². The Morgan fingerprint density at radius 3 is 3.00 bits per heavy atom. The lowest BCUT2D eigenvalue weighted by Gasteiger charge is -2.19. The summed E-state index contributed by atoms with van der Waals surface area (Å²) in [4.78, 5) is 0. The summed E-state index contributed by atoms with van der Waals surface area (Å²) in [6, 6.07) is 6.10. The molecule has 0 spiro atoms. The smallest absolute Gasteiger partial charge is 0.171 e. The van der Waals surface area contributed by atoms with Crippen molar-refractivity contribution in [2.24, 2.45) is 0 Å². The van der Waals surface area contributed by atoms with E-state index in [4.69, 9.17) is 9.47 Å². The number of fused-ring (bicyclic) bond motifs is 1. The van der Waals surface area contributed by atoms with Crippen molar-refractivity contribution in [2.45, 2.75) is 26.3 Å². The van der Waals surface area contributed by atoms with E-state index in [-0.39, 0.29) is 6.04 Å². The summed E-state index contributed by atoms with van der Waals surface area (Å²) in [6.07, 6.45) is 1.10. The Morgan fingerprint density at radius 2 is 2.14 bits per heavy atom. The van der Waals surface area contributed by atoms with Crippen molar-refractivity contribution < 1.29 is 9.47 Å². The lowest BCUT2D eigenvalue weighted by molar-refractivity contribution is 0.172. The van der Waals surface area contributed by atoms with Crippen molar-refractivity contribution in [3.8, 4) is 22.1 Å². The number of rotatable bonds is 5.